The van der Waals surface area contributed by atoms with E-state index < -0.39 is 11.2 Å². The lowest BCUT2D eigenvalue weighted by molar-refractivity contribution is -0.131. The van der Waals surface area contributed by atoms with Crippen LogP contribution in [-0.2, 0) is 32.0 Å². The van der Waals surface area contributed by atoms with Gasteiger partial charge < -0.3 is 9.47 Å². The van der Waals surface area contributed by atoms with Crippen molar-refractivity contribution in [1.82, 2.24) is 23.6 Å². The van der Waals surface area contributed by atoms with E-state index in [9.17, 15) is 14.4 Å². The highest BCUT2D eigenvalue weighted by Gasteiger charge is 2.17. The predicted octanol–water partition coefficient (Wildman–Crippen LogP) is 0.401. The van der Waals surface area contributed by atoms with Crippen molar-refractivity contribution in [3.63, 3.8) is 0 Å². The van der Waals surface area contributed by atoms with Crippen LogP contribution in [0.2, 0.25) is 0 Å². The number of fused-ring (bicyclic) bond motifs is 1. The van der Waals surface area contributed by atoms with Gasteiger partial charge in [0.25, 0.3) is 5.56 Å². The molecule has 0 N–H and O–H groups in total. The molecule has 2 heterocycles. The lowest BCUT2D eigenvalue weighted by Gasteiger charge is -2.19. The molecule has 3 rings (SSSR count). The molecule has 0 bridgehead atoms. The fourth-order valence-electron chi connectivity index (χ4n) is 2.91. The largest absolute Gasteiger partial charge is 0.340 e. The number of aryl methyl sites for hydroxylation is 2. The van der Waals surface area contributed by atoms with Gasteiger partial charge in [-0.2, -0.15) is 0 Å². The van der Waals surface area contributed by atoms with Crippen LogP contribution in [0, 0.1) is 6.92 Å². The molecule has 1 aromatic carbocycles. The van der Waals surface area contributed by atoms with Crippen molar-refractivity contribution < 1.29 is 4.79 Å². The molecule has 0 aliphatic carbocycles. The van der Waals surface area contributed by atoms with Gasteiger partial charge in [0, 0.05) is 27.7 Å². The van der Waals surface area contributed by atoms with Crippen LogP contribution < -0.4 is 11.2 Å². The fraction of sp³-hybridized carbons (Fsp3) is 0.333. The van der Waals surface area contributed by atoms with Crippen LogP contribution in [0.5, 0.6) is 0 Å². The molecule has 3 aromatic rings. The first-order chi connectivity index (χ1) is 12.3. The second-order valence-corrected chi connectivity index (χ2v) is 6.43. The molecule has 0 saturated carbocycles. The highest BCUT2D eigenvalue weighted by atomic mass is 16.2. The number of imidazole rings is 1. The molecule has 0 aliphatic heterocycles. The molecule has 136 valence electrons. The number of hydrogen-bond donors (Lipinski definition) is 0. The maximum atomic E-state index is 12.6. The zero-order chi connectivity index (χ0) is 19.0. The van der Waals surface area contributed by atoms with Gasteiger partial charge in [0.2, 0.25) is 5.91 Å². The molecular weight excluding hydrogens is 334 g/mol. The van der Waals surface area contributed by atoms with E-state index in [0.29, 0.717) is 6.54 Å². The van der Waals surface area contributed by atoms with E-state index in [1.165, 1.54) is 22.5 Å². The maximum Gasteiger partial charge on any atom is 0.332 e. The van der Waals surface area contributed by atoms with Crippen LogP contribution in [0.3, 0.4) is 0 Å². The van der Waals surface area contributed by atoms with E-state index in [2.05, 4.69) is 4.98 Å². The summed E-state index contributed by atoms with van der Waals surface area (Å²) in [6.07, 6.45) is 1.42. The van der Waals surface area contributed by atoms with E-state index >= 15 is 0 Å². The summed E-state index contributed by atoms with van der Waals surface area (Å²) in [5.41, 5.74) is 1.78. The molecule has 0 spiro atoms. The standard InChI is InChI=1S/C18H21N5O3/c1-12-7-5-6-8-13(12)9-20(2)14(24)10-23-11-19-16-15(23)17(25)22(4)18(26)21(16)3/h5-8,11H,9-10H2,1-4H3. The summed E-state index contributed by atoms with van der Waals surface area (Å²) in [5, 5.41) is 0. The van der Waals surface area contributed by atoms with Gasteiger partial charge in [-0.15, -0.1) is 0 Å². The van der Waals surface area contributed by atoms with Crippen LogP contribution in [-0.4, -0.2) is 36.5 Å². The highest BCUT2D eigenvalue weighted by molar-refractivity contribution is 5.78. The Kier molecular flexibility index (Phi) is 4.50. The number of benzene rings is 1. The third-order valence-corrected chi connectivity index (χ3v) is 4.62. The first-order valence-corrected chi connectivity index (χ1v) is 8.20. The summed E-state index contributed by atoms with van der Waals surface area (Å²) in [7, 11) is 4.68. The average molecular weight is 355 g/mol. The van der Waals surface area contributed by atoms with Crippen molar-refractivity contribution in [2.24, 2.45) is 14.1 Å². The average Bonchev–Trinajstić information content (AvgIpc) is 3.03. The van der Waals surface area contributed by atoms with Crippen molar-refractivity contribution in [2.45, 2.75) is 20.0 Å². The number of aromatic nitrogens is 4. The van der Waals surface area contributed by atoms with Gasteiger partial charge in [-0.1, -0.05) is 24.3 Å². The van der Waals surface area contributed by atoms with Gasteiger partial charge in [0.15, 0.2) is 11.2 Å². The van der Waals surface area contributed by atoms with Gasteiger partial charge in [-0.3, -0.25) is 18.7 Å². The molecule has 0 radical (unpaired) electrons. The van der Waals surface area contributed by atoms with Crippen LogP contribution >= 0.6 is 0 Å². The number of likely N-dealkylation sites (N-methyl/N-ethyl adjacent to an activating group) is 1. The monoisotopic (exact) mass is 355 g/mol. The van der Waals surface area contributed by atoms with Crippen LogP contribution in [0.15, 0.2) is 40.2 Å². The zero-order valence-corrected chi connectivity index (χ0v) is 15.3. The van der Waals surface area contributed by atoms with E-state index in [0.717, 1.165) is 15.7 Å². The van der Waals surface area contributed by atoms with E-state index in [1.807, 2.05) is 31.2 Å². The van der Waals surface area contributed by atoms with Crippen LogP contribution in [0.1, 0.15) is 11.1 Å². The lowest BCUT2D eigenvalue weighted by atomic mass is 10.1. The van der Waals surface area contributed by atoms with Gasteiger partial charge in [-0.25, -0.2) is 9.78 Å². The zero-order valence-electron chi connectivity index (χ0n) is 15.3. The third-order valence-electron chi connectivity index (χ3n) is 4.62. The number of hydrogen-bond acceptors (Lipinski definition) is 4. The molecule has 8 nitrogen and oxygen atoms in total. The van der Waals surface area contributed by atoms with Crippen molar-refractivity contribution in [1.29, 1.82) is 0 Å². The Hall–Kier alpha value is -3.16. The second kappa shape index (κ2) is 6.62. The van der Waals surface area contributed by atoms with Crippen molar-refractivity contribution in [3.8, 4) is 0 Å². The second-order valence-electron chi connectivity index (χ2n) is 6.43. The summed E-state index contributed by atoms with van der Waals surface area (Å²) < 4.78 is 3.81. The highest BCUT2D eigenvalue weighted by Crippen LogP contribution is 2.11. The molecule has 0 fully saturated rings. The SMILES string of the molecule is Cc1ccccc1CN(C)C(=O)Cn1cnc2c1c(=O)n(C)c(=O)n2C. The van der Waals surface area contributed by atoms with Gasteiger partial charge in [-0.05, 0) is 18.1 Å². The summed E-state index contributed by atoms with van der Waals surface area (Å²) >= 11 is 0. The molecule has 0 saturated heterocycles. The smallest absolute Gasteiger partial charge is 0.332 e. The quantitative estimate of drug-likeness (QED) is 0.678. The number of nitrogens with zero attached hydrogens (tertiary/aromatic N) is 5. The Labute approximate surface area is 149 Å². The summed E-state index contributed by atoms with van der Waals surface area (Å²) in [6, 6.07) is 7.88. The van der Waals surface area contributed by atoms with Gasteiger partial charge in [0.05, 0.1) is 6.33 Å². The minimum absolute atomic E-state index is 0.0215. The lowest BCUT2D eigenvalue weighted by Crippen LogP contribution is -2.38. The van der Waals surface area contributed by atoms with Crippen molar-refractivity contribution in [3.05, 3.63) is 62.6 Å². The first-order valence-electron chi connectivity index (χ1n) is 8.20. The van der Waals surface area contributed by atoms with Crippen molar-refractivity contribution in [2.75, 3.05) is 7.05 Å². The van der Waals surface area contributed by atoms with Gasteiger partial charge >= 0.3 is 5.69 Å². The Morgan fingerprint density at radius 1 is 1.15 bits per heavy atom. The molecule has 2 aromatic heterocycles. The van der Waals surface area contributed by atoms with Crippen LogP contribution in [0.4, 0.5) is 0 Å². The molecule has 26 heavy (non-hydrogen) atoms. The molecule has 8 heteroatoms. The Morgan fingerprint density at radius 3 is 2.54 bits per heavy atom. The fourth-order valence-corrected chi connectivity index (χ4v) is 2.91. The molecule has 1 amide bonds. The number of carbonyl (C=O) groups excluding carboxylic acids is 1. The predicted molar refractivity (Wildman–Crippen MR) is 97.9 cm³/mol. The Balaban J connectivity index is 1.89. The first kappa shape index (κ1) is 17.7. The maximum absolute atomic E-state index is 12.6. The molecule has 0 unspecified atom stereocenters. The number of amides is 1. The minimum atomic E-state index is -0.463. The number of rotatable bonds is 4. The normalized spacial score (nSPS) is 11.1. The summed E-state index contributed by atoms with van der Waals surface area (Å²) in [6.45, 7) is 2.46. The van der Waals surface area contributed by atoms with E-state index in [1.54, 1.807) is 19.0 Å². The van der Waals surface area contributed by atoms with Gasteiger partial charge in [0.1, 0.15) is 6.54 Å². The van der Waals surface area contributed by atoms with E-state index in [-0.39, 0.29) is 23.6 Å². The van der Waals surface area contributed by atoms with E-state index in [4.69, 9.17) is 0 Å². The van der Waals surface area contributed by atoms with Crippen LogP contribution in [0.25, 0.3) is 11.2 Å². The Morgan fingerprint density at radius 2 is 1.85 bits per heavy atom. The molecule has 0 atom stereocenters. The number of carbonyl (C=O) groups is 1. The summed E-state index contributed by atoms with van der Waals surface area (Å²) in [4.78, 5) is 42.8. The topological polar surface area (TPSA) is 82.1 Å². The summed E-state index contributed by atoms with van der Waals surface area (Å²) in [5.74, 6) is -0.150. The Bertz CT molecular complexity index is 1110. The third kappa shape index (κ3) is 2.94. The molecular formula is C18H21N5O3. The molecule has 0 aliphatic rings. The minimum Gasteiger partial charge on any atom is -0.340 e. The van der Waals surface area contributed by atoms with Crippen molar-refractivity contribution >= 4 is 17.1 Å².